The van der Waals surface area contributed by atoms with Crippen molar-refractivity contribution < 1.29 is 22.8 Å². The molecule has 0 heterocycles. The summed E-state index contributed by atoms with van der Waals surface area (Å²) in [5.41, 5.74) is -1.02. The first-order valence-corrected chi connectivity index (χ1v) is 8.52. The Morgan fingerprint density at radius 2 is 1.86 bits per heavy atom. The van der Waals surface area contributed by atoms with E-state index >= 15 is 0 Å². The fourth-order valence-electron chi connectivity index (χ4n) is 1.46. The van der Waals surface area contributed by atoms with Gasteiger partial charge in [0.25, 0.3) is 0 Å². The van der Waals surface area contributed by atoms with Crippen LogP contribution in [0.5, 0.6) is 0 Å². The fourth-order valence-corrected chi connectivity index (χ4v) is 2.82. The highest BCUT2D eigenvalue weighted by molar-refractivity contribution is 8.82. The molecule has 0 aromatic heterocycles. The van der Waals surface area contributed by atoms with Gasteiger partial charge in [0, 0.05) is 30.6 Å². The first-order chi connectivity index (χ1) is 10.2. The maximum Gasteiger partial charge on any atom is 0.416 e. The van der Waals surface area contributed by atoms with Gasteiger partial charge in [0.1, 0.15) is 0 Å². The number of carbonyl (C=O) groups is 2. The van der Waals surface area contributed by atoms with Crippen molar-refractivity contribution in [2.75, 3.05) is 24.7 Å². The summed E-state index contributed by atoms with van der Waals surface area (Å²) in [5, 5.41) is -0.634. The summed E-state index contributed by atoms with van der Waals surface area (Å²) < 4.78 is 38.4. The Bertz CT molecular complexity index is 550. The van der Waals surface area contributed by atoms with Gasteiger partial charge in [-0.1, -0.05) is 23.8 Å². The van der Waals surface area contributed by atoms with Crippen LogP contribution < -0.4 is 4.90 Å². The van der Waals surface area contributed by atoms with E-state index in [2.05, 4.69) is 0 Å². The molecule has 4 nitrogen and oxygen atoms in total. The zero-order valence-electron chi connectivity index (χ0n) is 12.2. The molecule has 1 aromatic carbocycles. The van der Waals surface area contributed by atoms with E-state index in [1.54, 1.807) is 0 Å². The number of halogens is 3. The Labute approximate surface area is 134 Å². The standard InChI is InChI=1S/C13H15F3N2O2S2/c1-4-21-22-12(20)18(11(19)17(2)3)10-7-5-6-9(8-10)13(14,15)16/h5-8H,4H2,1-3H3. The average molecular weight is 352 g/mol. The molecule has 0 spiro atoms. The van der Waals surface area contributed by atoms with Crippen LogP contribution in [0.4, 0.5) is 28.4 Å². The van der Waals surface area contributed by atoms with Crippen LogP contribution in [0.15, 0.2) is 24.3 Å². The van der Waals surface area contributed by atoms with Crippen molar-refractivity contribution in [1.29, 1.82) is 0 Å². The Morgan fingerprint density at radius 3 is 2.36 bits per heavy atom. The van der Waals surface area contributed by atoms with Crippen LogP contribution in [0.1, 0.15) is 12.5 Å². The molecule has 0 saturated carbocycles. The molecule has 22 heavy (non-hydrogen) atoms. The molecule has 1 aromatic rings. The first-order valence-electron chi connectivity index (χ1n) is 6.20. The minimum absolute atomic E-state index is 0.109. The van der Waals surface area contributed by atoms with E-state index < -0.39 is 23.0 Å². The van der Waals surface area contributed by atoms with Gasteiger partial charge < -0.3 is 4.90 Å². The summed E-state index contributed by atoms with van der Waals surface area (Å²) in [4.78, 5) is 26.2. The van der Waals surface area contributed by atoms with E-state index in [4.69, 9.17) is 0 Å². The van der Waals surface area contributed by atoms with Crippen molar-refractivity contribution in [2.24, 2.45) is 0 Å². The fraction of sp³-hybridized carbons (Fsp3) is 0.385. The van der Waals surface area contributed by atoms with E-state index in [0.717, 1.165) is 32.7 Å². The molecule has 0 radical (unpaired) electrons. The summed E-state index contributed by atoms with van der Waals surface area (Å²) in [7, 11) is 4.87. The van der Waals surface area contributed by atoms with Gasteiger partial charge in [-0.25, -0.2) is 9.69 Å². The monoisotopic (exact) mass is 352 g/mol. The first kappa shape index (κ1) is 18.7. The second kappa shape index (κ2) is 7.77. The number of carbonyl (C=O) groups excluding carboxylic acids is 2. The lowest BCUT2D eigenvalue weighted by Gasteiger charge is -2.24. The Balaban J connectivity index is 3.21. The Morgan fingerprint density at radius 1 is 1.23 bits per heavy atom. The molecule has 122 valence electrons. The third-order valence-corrected chi connectivity index (χ3v) is 4.60. The molecule has 0 fully saturated rings. The maximum absolute atomic E-state index is 12.8. The number of hydrogen-bond acceptors (Lipinski definition) is 4. The maximum atomic E-state index is 12.8. The predicted molar refractivity (Wildman–Crippen MR) is 84.1 cm³/mol. The molecule has 0 aliphatic heterocycles. The van der Waals surface area contributed by atoms with Crippen LogP contribution >= 0.6 is 21.6 Å². The topological polar surface area (TPSA) is 40.6 Å². The van der Waals surface area contributed by atoms with E-state index in [9.17, 15) is 22.8 Å². The number of anilines is 1. The molecule has 0 saturated heterocycles. The van der Waals surface area contributed by atoms with E-state index in [0.29, 0.717) is 5.75 Å². The van der Waals surface area contributed by atoms with Crippen molar-refractivity contribution >= 4 is 38.5 Å². The van der Waals surface area contributed by atoms with Gasteiger partial charge in [-0.05, 0) is 18.2 Å². The van der Waals surface area contributed by atoms with Gasteiger partial charge in [-0.15, -0.1) is 0 Å². The Hall–Kier alpha value is -1.35. The molecule has 9 heteroatoms. The normalized spacial score (nSPS) is 11.2. The van der Waals surface area contributed by atoms with E-state index in [1.165, 1.54) is 37.0 Å². The molecule has 3 amide bonds. The molecule has 0 N–H and O–H groups in total. The lowest BCUT2D eigenvalue weighted by Crippen LogP contribution is -2.41. The van der Waals surface area contributed by atoms with Gasteiger partial charge in [0.2, 0.25) is 0 Å². The third kappa shape index (κ3) is 4.84. The second-order valence-corrected chi connectivity index (χ2v) is 6.85. The summed E-state index contributed by atoms with van der Waals surface area (Å²) in [6, 6.07) is 3.44. The molecule has 0 aliphatic rings. The average Bonchev–Trinajstić information content (AvgIpc) is 2.44. The number of rotatable bonds is 3. The third-order valence-electron chi connectivity index (χ3n) is 2.44. The number of urea groups is 1. The number of benzene rings is 1. The molecule has 0 aliphatic carbocycles. The van der Waals surface area contributed by atoms with Gasteiger partial charge in [-0.2, -0.15) is 13.2 Å². The van der Waals surface area contributed by atoms with Crippen molar-refractivity contribution in [3.8, 4) is 0 Å². The highest BCUT2D eigenvalue weighted by Crippen LogP contribution is 2.34. The van der Waals surface area contributed by atoms with E-state index in [-0.39, 0.29) is 5.69 Å². The molecule has 0 unspecified atom stereocenters. The summed E-state index contributed by atoms with van der Waals surface area (Å²) in [6.45, 7) is 1.83. The molecular formula is C13H15F3N2O2S2. The summed E-state index contributed by atoms with van der Waals surface area (Å²) in [5.74, 6) is 0.628. The van der Waals surface area contributed by atoms with Crippen LogP contribution in [-0.2, 0) is 6.18 Å². The zero-order valence-corrected chi connectivity index (χ0v) is 13.8. The largest absolute Gasteiger partial charge is 0.416 e. The molecule has 0 bridgehead atoms. The number of nitrogens with zero attached hydrogens (tertiary/aromatic N) is 2. The number of hydrogen-bond donors (Lipinski definition) is 0. The highest BCUT2D eigenvalue weighted by atomic mass is 33.1. The predicted octanol–water partition coefficient (Wildman–Crippen LogP) is 4.71. The molecular weight excluding hydrogens is 337 g/mol. The summed E-state index contributed by atoms with van der Waals surface area (Å²) >= 11 is 0. The van der Waals surface area contributed by atoms with Crippen molar-refractivity contribution in [3.05, 3.63) is 29.8 Å². The van der Waals surface area contributed by atoms with Crippen LogP contribution in [-0.4, -0.2) is 36.0 Å². The van der Waals surface area contributed by atoms with Crippen molar-refractivity contribution in [3.63, 3.8) is 0 Å². The minimum Gasteiger partial charge on any atom is -0.330 e. The minimum atomic E-state index is -4.54. The highest BCUT2D eigenvalue weighted by Gasteiger charge is 2.33. The van der Waals surface area contributed by atoms with Crippen LogP contribution in [0, 0.1) is 0 Å². The SMILES string of the molecule is CCSSC(=O)N(C(=O)N(C)C)c1cccc(C(F)(F)F)c1. The van der Waals surface area contributed by atoms with Crippen LogP contribution in [0.3, 0.4) is 0 Å². The molecule has 1 rings (SSSR count). The number of alkyl halides is 3. The van der Waals surface area contributed by atoms with Gasteiger partial charge in [-0.3, -0.25) is 4.79 Å². The summed E-state index contributed by atoms with van der Waals surface area (Å²) in [6.07, 6.45) is -4.54. The smallest absolute Gasteiger partial charge is 0.330 e. The Kier molecular flexibility index (Phi) is 6.61. The lowest BCUT2D eigenvalue weighted by atomic mass is 10.2. The number of amides is 3. The lowest BCUT2D eigenvalue weighted by molar-refractivity contribution is -0.137. The number of imide groups is 1. The van der Waals surface area contributed by atoms with E-state index in [1.807, 2.05) is 6.92 Å². The van der Waals surface area contributed by atoms with Gasteiger partial charge >= 0.3 is 17.4 Å². The quantitative estimate of drug-likeness (QED) is 0.739. The second-order valence-electron chi connectivity index (χ2n) is 4.32. The van der Waals surface area contributed by atoms with Gasteiger partial charge in [0.05, 0.1) is 11.3 Å². The molecule has 0 atom stereocenters. The van der Waals surface area contributed by atoms with Gasteiger partial charge in [0.15, 0.2) is 0 Å². The zero-order chi connectivity index (χ0) is 16.9. The van der Waals surface area contributed by atoms with Crippen molar-refractivity contribution in [1.82, 2.24) is 4.90 Å². The van der Waals surface area contributed by atoms with Crippen molar-refractivity contribution in [2.45, 2.75) is 13.1 Å². The van der Waals surface area contributed by atoms with Crippen LogP contribution in [0.2, 0.25) is 0 Å². The van der Waals surface area contributed by atoms with Crippen LogP contribution in [0.25, 0.3) is 0 Å².